The first kappa shape index (κ1) is 8.64. The fraction of sp³-hybridized carbons (Fsp3) is 0.250. The van der Waals surface area contributed by atoms with E-state index in [1.807, 2.05) is 0 Å². The van der Waals surface area contributed by atoms with Crippen LogP contribution in [0.4, 0.5) is 4.39 Å². The molecule has 0 spiro atoms. The molecule has 12 heavy (non-hydrogen) atoms. The first-order valence-electron chi connectivity index (χ1n) is 3.55. The summed E-state index contributed by atoms with van der Waals surface area (Å²) in [5, 5.41) is 0. The predicted octanol–water partition coefficient (Wildman–Crippen LogP) is 1.10. The lowest BCUT2D eigenvalue weighted by Crippen LogP contribution is -2.05. The molecule has 0 radical (unpaired) electrons. The molecule has 64 valence electrons. The molecule has 0 aliphatic carbocycles. The van der Waals surface area contributed by atoms with Gasteiger partial charge in [0.05, 0.1) is 24.3 Å². The summed E-state index contributed by atoms with van der Waals surface area (Å²) in [6, 6.07) is 2.94. The van der Waals surface area contributed by atoms with E-state index >= 15 is 0 Å². The first-order chi connectivity index (χ1) is 5.68. The van der Waals surface area contributed by atoms with Gasteiger partial charge in [0.1, 0.15) is 5.82 Å². The van der Waals surface area contributed by atoms with E-state index in [0.717, 1.165) is 6.20 Å². The second-order valence-electron chi connectivity index (χ2n) is 2.43. The number of nitrogens with zero attached hydrogens (tertiary/aromatic N) is 2. The molecule has 3 nitrogen and oxygen atoms in total. The molecule has 0 bridgehead atoms. The topological polar surface area (TPSA) is 51.3 Å². The molecule has 0 atom stereocenters. The van der Waals surface area contributed by atoms with Gasteiger partial charge in [-0.25, -0.2) is 4.39 Å². The van der Waals surface area contributed by atoms with Crippen molar-refractivity contribution in [3.05, 3.63) is 29.8 Å². The van der Waals surface area contributed by atoms with E-state index in [0.29, 0.717) is 18.1 Å². The van der Waals surface area contributed by atoms with E-state index in [-0.39, 0.29) is 5.82 Å². The second-order valence-corrected chi connectivity index (χ2v) is 2.43. The van der Waals surface area contributed by atoms with Crippen LogP contribution in [0, 0.1) is 5.82 Å². The van der Waals surface area contributed by atoms with Crippen LogP contribution in [0.5, 0.6) is 0 Å². The molecular formula is C8H10FN3. The molecule has 0 unspecified atom stereocenters. The Morgan fingerprint density at radius 3 is 2.92 bits per heavy atom. The average Bonchev–Trinajstić information content (AvgIpc) is 2.03. The summed E-state index contributed by atoms with van der Waals surface area (Å²) in [6.07, 6.45) is 1.16. The number of aliphatic imine (C=N–C) groups is 1. The van der Waals surface area contributed by atoms with Gasteiger partial charge in [-0.2, -0.15) is 0 Å². The number of pyridine rings is 1. The zero-order valence-corrected chi connectivity index (χ0v) is 6.79. The number of halogens is 1. The van der Waals surface area contributed by atoms with Crippen molar-refractivity contribution in [1.29, 1.82) is 0 Å². The summed E-state index contributed by atoms with van der Waals surface area (Å²) in [5.41, 5.74) is 6.03. The third kappa shape index (κ3) is 2.65. The molecule has 4 heteroatoms. The minimum atomic E-state index is -0.341. The SMILES string of the molecule is CC(N)=NCc1ccc(F)cn1. The monoisotopic (exact) mass is 167 g/mol. The van der Waals surface area contributed by atoms with Gasteiger partial charge in [-0.05, 0) is 19.1 Å². The van der Waals surface area contributed by atoms with Gasteiger partial charge in [0.2, 0.25) is 0 Å². The van der Waals surface area contributed by atoms with Crippen molar-refractivity contribution in [2.45, 2.75) is 13.5 Å². The third-order valence-electron chi connectivity index (χ3n) is 1.28. The largest absolute Gasteiger partial charge is 0.388 e. The second kappa shape index (κ2) is 3.80. The van der Waals surface area contributed by atoms with Gasteiger partial charge < -0.3 is 5.73 Å². The van der Waals surface area contributed by atoms with E-state index in [9.17, 15) is 4.39 Å². The Bertz CT molecular complexity index is 275. The van der Waals surface area contributed by atoms with Gasteiger partial charge in [-0.3, -0.25) is 9.98 Å². The molecule has 0 aromatic carbocycles. The van der Waals surface area contributed by atoms with Crippen molar-refractivity contribution >= 4 is 5.84 Å². The highest BCUT2D eigenvalue weighted by Crippen LogP contribution is 1.99. The zero-order chi connectivity index (χ0) is 8.97. The minimum absolute atomic E-state index is 0.341. The van der Waals surface area contributed by atoms with Crippen molar-refractivity contribution in [2.75, 3.05) is 0 Å². The Hall–Kier alpha value is -1.45. The highest BCUT2D eigenvalue weighted by molar-refractivity contribution is 5.77. The lowest BCUT2D eigenvalue weighted by molar-refractivity contribution is 0.619. The minimum Gasteiger partial charge on any atom is -0.388 e. The Morgan fingerprint density at radius 1 is 1.67 bits per heavy atom. The molecule has 1 aromatic heterocycles. The van der Waals surface area contributed by atoms with Crippen molar-refractivity contribution < 1.29 is 4.39 Å². The Kier molecular flexibility index (Phi) is 2.74. The van der Waals surface area contributed by atoms with Gasteiger partial charge in [0.15, 0.2) is 0 Å². The summed E-state index contributed by atoms with van der Waals surface area (Å²) >= 11 is 0. The molecule has 1 rings (SSSR count). The number of hydrogen-bond acceptors (Lipinski definition) is 2. The molecule has 1 aromatic rings. The molecular weight excluding hydrogens is 157 g/mol. The number of nitrogens with two attached hydrogens (primary N) is 1. The van der Waals surface area contributed by atoms with E-state index in [4.69, 9.17) is 5.73 Å². The Morgan fingerprint density at radius 2 is 2.42 bits per heavy atom. The van der Waals surface area contributed by atoms with Crippen LogP contribution in [0.2, 0.25) is 0 Å². The van der Waals surface area contributed by atoms with E-state index in [1.54, 1.807) is 13.0 Å². The molecule has 0 fully saturated rings. The lowest BCUT2D eigenvalue weighted by Gasteiger charge is -1.95. The van der Waals surface area contributed by atoms with Crippen molar-refractivity contribution in [2.24, 2.45) is 10.7 Å². The molecule has 1 heterocycles. The van der Waals surface area contributed by atoms with Crippen LogP contribution < -0.4 is 5.73 Å². The van der Waals surface area contributed by atoms with E-state index in [1.165, 1.54) is 6.07 Å². The highest BCUT2D eigenvalue weighted by atomic mass is 19.1. The van der Waals surface area contributed by atoms with Crippen LogP contribution in [0.3, 0.4) is 0 Å². The van der Waals surface area contributed by atoms with Crippen LogP contribution >= 0.6 is 0 Å². The summed E-state index contributed by atoms with van der Waals surface area (Å²) in [4.78, 5) is 7.75. The molecule has 0 amide bonds. The van der Waals surface area contributed by atoms with Crippen LogP contribution in [-0.2, 0) is 6.54 Å². The fourth-order valence-corrected chi connectivity index (χ4v) is 0.706. The van der Waals surface area contributed by atoms with Crippen LogP contribution in [0.25, 0.3) is 0 Å². The normalized spacial score (nSPS) is 11.7. The van der Waals surface area contributed by atoms with Crippen LogP contribution in [-0.4, -0.2) is 10.8 Å². The first-order valence-corrected chi connectivity index (χ1v) is 3.55. The maximum Gasteiger partial charge on any atom is 0.141 e. The molecule has 0 saturated heterocycles. The Balaban J connectivity index is 2.65. The average molecular weight is 167 g/mol. The molecule has 2 N–H and O–H groups in total. The van der Waals surface area contributed by atoms with Crippen molar-refractivity contribution in [3.63, 3.8) is 0 Å². The van der Waals surface area contributed by atoms with Gasteiger partial charge >= 0.3 is 0 Å². The molecule has 0 saturated carbocycles. The number of amidine groups is 1. The maximum absolute atomic E-state index is 12.4. The summed E-state index contributed by atoms with van der Waals surface area (Å²) in [6.45, 7) is 2.10. The highest BCUT2D eigenvalue weighted by Gasteiger charge is 1.92. The third-order valence-corrected chi connectivity index (χ3v) is 1.28. The number of aromatic nitrogens is 1. The summed E-state index contributed by atoms with van der Waals surface area (Å²) < 4.78 is 12.4. The summed E-state index contributed by atoms with van der Waals surface area (Å²) in [7, 11) is 0. The smallest absolute Gasteiger partial charge is 0.141 e. The van der Waals surface area contributed by atoms with Gasteiger partial charge in [0, 0.05) is 0 Å². The molecule has 0 aliphatic heterocycles. The van der Waals surface area contributed by atoms with Gasteiger partial charge in [-0.15, -0.1) is 0 Å². The quantitative estimate of drug-likeness (QED) is 0.529. The summed E-state index contributed by atoms with van der Waals surface area (Å²) in [5.74, 6) is 0.160. The van der Waals surface area contributed by atoms with Gasteiger partial charge in [0.25, 0.3) is 0 Å². The fourth-order valence-electron chi connectivity index (χ4n) is 0.706. The predicted molar refractivity (Wildman–Crippen MR) is 45.2 cm³/mol. The molecule has 0 aliphatic rings. The number of rotatable bonds is 2. The standard InChI is InChI=1S/C8H10FN3/c1-6(10)11-5-8-3-2-7(9)4-12-8/h2-4H,5H2,1H3,(H2,10,11). The van der Waals surface area contributed by atoms with Crippen LogP contribution in [0.15, 0.2) is 23.3 Å². The van der Waals surface area contributed by atoms with Crippen molar-refractivity contribution in [1.82, 2.24) is 4.98 Å². The van der Waals surface area contributed by atoms with Gasteiger partial charge in [-0.1, -0.05) is 0 Å². The van der Waals surface area contributed by atoms with E-state index in [2.05, 4.69) is 9.98 Å². The van der Waals surface area contributed by atoms with Crippen molar-refractivity contribution in [3.8, 4) is 0 Å². The zero-order valence-electron chi connectivity index (χ0n) is 6.79. The number of hydrogen-bond donors (Lipinski definition) is 1. The van der Waals surface area contributed by atoms with E-state index < -0.39 is 0 Å². The lowest BCUT2D eigenvalue weighted by atomic mass is 10.3. The maximum atomic E-state index is 12.4. The van der Waals surface area contributed by atoms with Crippen LogP contribution in [0.1, 0.15) is 12.6 Å². The Labute approximate surface area is 70.1 Å².